The fourth-order valence-corrected chi connectivity index (χ4v) is 1.72. The molecule has 5 nitrogen and oxygen atoms in total. The maximum atomic E-state index is 11.9. The first-order valence-corrected chi connectivity index (χ1v) is 6.60. The van der Waals surface area contributed by atoms with Crippen LogP contribution < -0.4 is 15.4 Å². The SMILES string of the molecule is COc1ccc(Cl)cc1C(=O)NCCCNC(=O)C(F)(F)F. The zero-order valence-corrected chi connectivity index (χ0v) is 12.3. The van der Waals surface area contributed by atoms with E-state index in [1.54, 1.807) is 11.4 Å². The highest BCUT2D eigenvalue weighted by Gasteiger charge is 2.38. The fraction of sp³-hybridized carbons (Fsp3) is 0.385. The molecule has 0 heterocycles. The number of hydrogen-bond donors (Lipinski definition) is 2. The maximum Gasteiger partial charge on any atom is 0.471 e. The Labute approximate surface area is 129 Å². The van der Waals surface area contributed by atoms with Crippen LogP contribution in [0, 0.1) is 0 Å². The molecule has 0 saturated carbocycles. The number of nitrogens with one attached hydrogen (secondary N) is 2. The lowest BCUT2D eigenvalue weighted by Crippen LogP contribution is -2.38. The van der Waals surface area contributed by atoms with Gasteiger partial charge in [-0.2, -0.15) is 13.2 Å². The van der Waals surface area contributed by atoms with Gasteiger partial charge in [-0.15, -0.1) is 0 Å². The van der Waals surface area contributed by atoms with E-state index in [1.807, 2.05) is 0 Å². The Morgan fingerprint density at radius 3 is 2.45 bits per heavy atom. The first-order chi connectivity index (χ1) is 10.3. The fourth-order valence-electron chi connectivity index (χ4n) is 1.55. The van der Waals surface area contributed by atoms with Crippen molar-refractivity contribution in [2.45, 2.75) is 12.6 Å². The largest absolute Gasteiger partial charge is 0.496 e. The second-order valence-electron chi connectivity index (χ2n) is 4.21. The number of carbonyl (C=O) groups excluding carboxylic acids is 2. The molecule has 1 rings (SSSR count). The molecule has 122 valence electrons. The highest BCUT2D eigenvalue weighted by atomic mass is 35.5. The molecule has 0 unspecified atom stereocenters. The van der Waals surface area contributed by atoms with Crippen molar-refractivity contribution in [3.05, 3.63) is 28.8 Å². The zero-order chi connectivity index (χ0) is 16.8. The lowest BCUT2D eigenvalue weighted by molar-refractivity contribution is -0.173. The molecule has 0 spiro atoms. The highest BCUT2D eigenvalue weighted by molar-refractivity contribution is 6.31. The number of rotatable bonds is 6. The Morgan fingerprint density at radius 2 is 1.86 bits per heavy atom. The number of ether oxygens (including phenoxy) is 1. The third-order valence-electron chi connectivity index (χ3n) is 2.59. The molecule has 9 heteroatoms. The van der Waals surface area contributed by atoms with Gasteiger partial charge in [0, 0.05) is 18.1 Å². The lowest BCUT2D eigenvalue weighted by atomic mass is 10.2. The summed E-state index contributed by atoms with van der Waals surface area (Å²) in [6, 6.07) is 4.51. The Balaban J connectivity index is 2.41. The van der Waals surface area contributed by atoms with E-state index in [1.165, 1.54) is 19.2 Å². The predicted molar refractivity (Wildman–Crippen MR) is 74.0 cm³/mol. The highest BCUT2D eigenvalue weighted by Crippen LogP contribution is 2.22. The van der Waals surface area contributed by atoms with E-state index in [4.69, 9.17) is 16.3 Å². The van der Waals surface area contributed by atoms with Crippen LogP contribution in [0.5, 0.6) is 5.75 Å². The smallest absolute Gasteiger partial charge is 0.471 e. The van der Waals surface area contributed by atoms with E-state index in [9.17, 15) is 22.8 Å². The van der Waals surface area contributed by atoms with Crippen molar-refractivity contribution >= 4 is 23.4 Å². The molecule has 0 fully saturated rings. The van der Waals surface area contributed by atoms with Gasteiger partial charge in [0.25, 0.3) is 5.91 Å². The molecule has 22 heavy (non-hydrogen) atoms. The summed E-state index contributed by atoms with van der Waals surface area (Å²) in [5, 5.41) is 4.56. The molecular weight excluding hydrogens is 325 g/mol. The summed E-state index contributed by atoms with van der Waals surface area (Å²) in [5.74, 6) is -2.15. The molecule has 1 aromatic rings. The monoisotopic (exact) mass is 338 g/mol. The summed E-state index contributed by atoms with van der Waals surface area (Å²) in [4.78, 5) is 22.5. The number of carbonyl (C=O) groups is 2. The molecule has 0 bridgehead atoms. The Hall–Kier alpha value is -1.96. The molecular formula is C13H14ClF3N2O3. The number of hydrogen-bond acceptors (Lipinski definition) is 3. The van der Waals surface area contributed by atoms with Crippen LogP contribution >= 0.6 is 11.6 Å². The first-order valence-electron chi connectivity index (χ1n) is 6.22. The van der Waals surface area contributed by atoms with Gasteiger partial charge in [-0.05, 0) is 24.6 Å². The molecule has 0 saturated heterocycles. The molecule has 2 N–H and O–H groups in total. The number of amides is 2. The van der Waals surface area contributed by atoms with E-state index < -0.39 is 18.0 Å². The van der Waals surface area contributed by atoms with E-state index in [-0.39, 0.29) is 25.1 Å². The first kappa shape index (κ1) is 18.1. The second kappa shape index (κ2) is 7.88. The summed E-state index contributed by atoms with van der Waals surface area (Å²) < 4.78 is 40.8. The standard InChI is InChI=1S/C13H14ClF3N2O3/c1-22-10-4-3-8(14)7-9(10)11(20)18-5-2-6-19-12(21)13(15,16)17/h3-4,7H,2,5-6H2,1H3,(H,18,20)(H,19,21). The molecule has 0 aliphatic rings. The summed E-state index contributed by atoms with van der Waals surface area (Å²) in [7, 11) is 1.40. The van der Waals surface area contributed by atoms with Crippen molar-refractivity contribution in [2.24, 2.45) is 0 Å². The van der Waals surface area contributed by atoms with Gasteiger partial charge in [0.1, 0.15) is 5.75 Å². The molecule has 0 radical (unpaired) electrons. The number of alkyl halides is 3. The van der Waals surface area contributed by atoms with Crippen LogP contribution in [0.3, 0.4) is 0 Å². The minimum Gasteiger partial charge on any atom is -0.496 e. The summed E-state index contributed by atoms with van der Waals surface area (Å²) >= 11 is 5.79. The molecule has 0 aliphatic heterocycles. The summed E-state index contributed by atoms with van der Waals surface area (Å²) in [5.41, 5.74) is 0.217. The maximum absolute atomic E-state index is 11.9. The third kappa shape index (κ3) is 5.44. The molecule has 0 atom stereocenters. The van der Waals surface area contributed by atoms with E-state index in [0.717, 1.165) is 0 Å². The Kier molecular flexibility index (Phi) is 6.48. The third-order valence-corrected chi connectivity index (χ3v) is 2.82. The van der Waals surface area contributed by atoms with Crippen LogP contribution in [-0.4, -0.2) is 38.2 Å². The van der Waals surface area contributed by atoms with Crippen LogP contribution in [0.2, 0.25) is 5.02 Å². The molecule has 2 amide bonds. The van der Waals surface area contributed by atoms with E-state index >= 15 is 0 Å². The van der Waals surface area contributed by atoms with Gasteiger partial charge in [-0.1, -0.05) is 11.6 Å². The van der Waals surface area contributed by atoms with Crippen molar-refractivity contribution in [3.8, 4) is 5.75 Å². The van der Waals surface area contributed by atoms with Gasteiger partial charge < -0.3 is 15.4 Å². The van der Waals surface area contributed by atoms with Crippen LogP contribution in [0.1, 0.15) is 16.8 Å². The molecule has 0 aromatic heterocycles. The minimum atomic E-state index is -4.91. The lowest BCUT2D eigenvalue weighted by Gasteiger charge is -2.10. The van der Waals surface area contributed by atoms with Crippen LogP contribution in [0.25, 0.3) is 0 Å². The molecule has 0 aliphatic carbocycles. The van der Waals surface area contributed by atoms with Crippen molar-refractivity contribution in [2.75, 3.05) is 20.2 Å². The van der Waals surface area contributed by atoms with E-state index in [0.29, 0.717) is 10.8 Å². The number of methoxy groups -OCH3 is 1. The zero-order valence-electron chi connectivity index (χ0n) is 11.6. The summed E-state index contributed by atoms with van der Waals surface area (Å²) in [6.45, 7) is -0.113. The average molecular weight is 339 g/mol. The van der Waals surface area contributed by atoms with Crippen LogP contribution in [-0.2, 0) is 4.79 Å². The van der Waals surface area contributed by atoms with Gasteiger partial charge in [-0.3, -0.25) is 9.59 Å². The summed E-state index contributed by atoms with van der Waals surface area (Å²) in [6.07, 6.45) is -4.76. The Morgan fingerprint density at radius 1 is 1.23 bits per heavy atom. The normalized spacial score (nSPS) is 11.0. The quantitative estimate of drug-likeness (QED) is 0.781. The number of benzene rings is 1. The average Bonchev–Trinajstić information content (AvgIpc) is 2.45. The molecule has 1 aromatic carbocycles. The van der Waals surface area contributed by atoms with Crippen LogP contribution in [0.4, 0.5) is 13.2 Å². The van der Waals surface area contributed by atoms with Gasteiger partial charge in [0.05, 0.1) is 12.7 Å². The minimum absolute atomic E-state index is 0.0899. The van der Waals surface area contributed by atoms with Crippen molar-refractivity contribution < 1.29 is 27.5 Å². The van der Waals surface area contributed by atoms with Crippen molar-refractivity contribution in [1.82, 2.24) is 10.6 Å². The Bertz CT molecular complexity index is 550. The topological polar surface area (TPSA) is 67.4 Å². The van der Waals surface area contributed by atoms with E-state index in [2.05, 4.69) is 5.32 Å². The van der Waals surface area contributed by atoms with Crippen molar-refractivity contribution in [1.29, 1.82) is 0 Å². The van der Waals surface area contributed by atoms with Gasteiger partial charge >= 0.3 is 12.1 Å². The van der Waals surface area contributed by atoms with Crippen LogP contribution in [0.15, 0.2) is 18.2 Å². The second-order valence-corrected chi connectivity index (χ2v) is 4.64. The van der Waals surface area contributed by atoms with Gasteiger partial charge in [0.2, 0.25) is 0 Å². The predicted octanol–water partition coefficient (Wildman–Crippen LogP) is 2.15. The number of halogens is 4. The van der Waals surface area contributed by atoms with Crippen molar-refractivity contribution in [3.63, 3.8) is 0 Å². The van der Waals surface area contributed by atoms with Gasteiger partial charge in [0.15, 0.2) is 0 Å². The van der Waals surface area contributed by atoms with Gasteiger partial charge in [-0.25, -0.2) is 0 Å².